The summed E-state index contributed by atoms with van der Waals surface area (Å²) in [7, 11) is 0. The summed E-state index contributed by atoms with van der Waals surface area (Å²) in [6.45, 7) is 3.99. The summed E-state index contributed by atoms with van der Waals surface area (Å²) in [5.74, 6) is -1.16. The Bertz CT molecular complexity index is 401. The summed E-state index contributed by atoms with van der Waals surface area (Å²) in [5, 5.41) is 12.4. The number of carboxylic acid groups (broad SMARTS) is 1. The third-order valence-corrected chi connectivity index (χ3v) is 3.04. The maximum Gasteiger partial charge on any atom is 0.313 e. The molecular weight excluding hydrogens is 190 g/mol. The van der Waals surface area contributed by atoms with Gasteiger partial charge in [-0.15, -0.1) is 0 Å². The van der Waals surface area contributed by atoms with Crippen LogP contribution < -0.4 is 5.32 Å². The van der Waals surface area contributed by atoms with Crippen LogP contribution in [0.3, 0.4) is 0 Å². The topological polar surface area (TPSA) is 49.3 Å². The summed E-state index contributed by atoms with van der Waals surface area (Å²) in [5.41, 5.74) is 3.15. The van der Waals surface area contributed by atoms with Gasteiger partial charge in [-0.25, -0.2) is 0 Å². The van der Waals surface area contributed by atoms with Gasteiger partial charge in [0.25, 0.3) is 0 Å². The number of fused-ring (bicyclic) bond motifs is 1. The van der Waals surface area contributed by atoms with E-state index in [-0.39, 0.29) is 6.04 Å². The normalized spacial score (nSPS) is 23.3. The highest BCUT2D eigenvalue weighted by Gasteiger charge is 2.35. The maximum absolute atomic E-state index is 11.1. The van der Waals surface area contributed by atoms with Gasteiger partial charge in [0.15, 0.2) is 0 Å². The number of aryl methyl sites for hydroxylation is 1. The number of rotatable bonds is 2. The van der Waals surface area contributed by atoms with Crippen molar-refractivity contribution < 1.29 is 9.90 Å². The molecule has 0 bridgehead atoms. The molecule has 0 aliphatic carbocycles. The van der Waals surface area contributed by atoms with Gasteiger partial charge in [-0.1, -0.05) is 25.1 Å². The highest BCUT2D eigenvalue weighted by atomic mass is 16.4. The van der Waals surface area contributed by atoms with Crippen molar-refractivity contribution in [1.82, 2.24) is 0 Å². The van der Waals surface area contributed by atoms with Crippen molar-refractivity contribution in [3.8, 4) is 0 Å². The maximum atomic E-state index is 11.1. The first-order valence-electron chi connectivity index (χ1n) is 5.26. The Hall–Kier alpha value is -1.51. The van der Waals surface area contributed by atoms with Crippen LogP contribution in [0.15, 0.2) is 18.2 Å². The summed E-state index contributed by atoms with van der Waals surface area (Å²) >= 11 is 0. The number of hydrogen-bond acceptors (Lipinski definition) is 2. The highest BCUT2D eigenvalue weighted by molar-refractivity contribution is 5.84. The van der Waals surface area contributed by atoms with Crippen LogP contribution >= 0.6 is 0 Å². The number of benzene rings is 1. The zero-order valence-electron chi connectivity index (χ0n) is 8.95. The van der Waals surface area contributed by atoms with Crippen LogP contribution in [0.5, 0.6) is 0 Å². The monoisotopic (exact) mass is 205 g/mol. The lowest BCUT2D eigenvalue weighted by atomic mass is 9.94. The molecule has 1 aliphatic heterocycles. The fraction of sp³-hybridized carbons (Fsp3) is 0.417. The van der Waals surface area contributed by atoms with Gasteiger partial charge in [0.1, 0.15) is 5.92 Å². The molecule has 2 rings (SSSR count). The summed E-state index contributed by atoms with van der Waals surface area (Å²) in [6.07, 6.45) is 0.926. The number of carbonyl (C=O) groups is 1. The van der Waals surface area contributed by atoms with E-state index in [9.17, 15) is 4.79 Å². The van der Waals surface area contributed by atoms with Gasteiger partial charge >= 0.3 is 5.97 Å². The average Bonchev–Trinajstić information content (AvgIpc) is 2.53. The molecule has 3 heteroatoms. The fourth-order valence-corrected chi connectivity index (χ4v) is 2.28. The summed E-state index contributed by atoms with van der Waals surface area (Å²) in [4.78, 5) is 11.1. The lowest BCUT2D eigenvalue weighted by Crippen LogP contribution is -2.23. The van der Waals surface area contributed by atoms with Crippen LogP contribution in [0.4, 0.5) is 5.69 Å². The van der Waals surface area contributed by atoms with Crippen LogP contribution in [0.2, 0.25) is 0 Å². The van der Waals surface area contributed by atoms with Crippen molar-refractivity contribution in [3.05, 3.63) is 29.3 Å². The third-order valence-electron chi connectivity index (χ3n) is 3.04. The summed E-state index contributed by atoms with van der Waals surface area (Å²) in [6, 6.07) is 5.87. The standard InChI is InChI=1S/C12H15NO2/c1-3-8-5-4-6-9-10(12(14)15)7(2)13-11(8)9/h4-7,10,13H,3H2,1-2H3,(H,14,15). The van der Waals surface area contributed by atoms with Crippen molar-refractivity contribution >= 4 is 11.7 Å². The van der Waals surface area contributed by atoms with Crippen molar-refractivity contribution in [2.45, 2.75) is 32.2 Å². The Labute approximate surface area is 89.1 Å². The Balaban J connectivity index is 2.51. The lowest BCUT2D eigenvalue weighted by molar-refractivity contribution is -0.138. The number of aliphatic carboxylic acids is 1. The third kappa shape index (κ3) is 1.48. The molecule has 0 saturated carbocycles. The molecule has 1 aromatic carbocycles. The van der Waals surface area contributed by atoms with Crippen molar-refractivity contribution in [2.24, 2.45) is 0 Å². The Morgan fingerprint density at radius 3 is 2.87 bits per heavy atom. The molecule has 1 aliphatic rings. The molecule has 0 spiro atoms. The van der Waals surface area contributed by atoms with E-state index in [0.717, 1.165) is 17.7 Å². The zero-order chi connectivity index (χ0) is 11.0. The van der Waals surface area contributed by atoms with E-state index < -0.39 is 11.9 Å². The Kier molecular flexibility index (Phi) is 2.39. The van der Waals surface area contributed by atoms with Gasteiger partial charge in [0, 0.05) is 11.7 Å². The van der Waals surface area contributed by atoms with Gasteiger partial charge in [-0.2, -0.15) is 0 Å². The molecule has 0 radical (unpaired) electrons. The molecule has 0 saturated heterocycles. The molecule has 0 aromatic heterocycles. The molecule has 0 amide bonds. The predicted octanol–water partition coefficient (Wildman–Crippen LogP) is 2.23. The Morgan fingerprint density at radius 2 is 2.27 bits per heavy atom. The molecule has 2 atom stereocenters. The van der Waals surface area contributed by atoms with Crippen LogP contribution in [0.1, 0.15) is 30.9 Å². The largest absolute Gasteiger partial charge is 0.481 e. The molecule has 1 aromatic rings. The first-order chi connectivity index (χ1) is 7.15. The van der Waals surface area contributed by atoms with Crippen molar-refractivity contribution in [1.29, 1.82) is 0 Å². The van der Waals surface area contributed by atoms with Gasteiger partial charge < -0.3 is 10.4 Å². The van der Waals surface area contributed by atoms with E-state index >= 15 is 0 Å². The van der Waals surface area contributed by atoms with Gasteiger partial charge in [-0.05, 0) is 24.5 Å². The van der Waals surface area contributed by atoms with E-state index in [4.69, 9.17) is 5.11 Å². The van der Waals surface area contributed by atoms with Gasteiger partial charge in [0.2, 0.25) is 0 Å². The van der Waals surface area contributed by atoms with Crippen LogP contribution in [-0.4, -0.2) is 17.1 Å². The van der Waals surface area contributed by atoms with E-state index in [1.807, 2.05) is 25.1 Å². The predicted molar refractivity (Wildman–Crippen MR) is 59.3 cm³/mol. The molecule has 0 fully saturated rings. The molecular formula is C12H15NO2. The molecule has 2 unspecified atom stereocenters. The van der Waals surface area contributed by atoms with E-state index in [1.165, 1.54) is 5.56 Å². The second kappa shape index (κ2) is 3.57. The number of para-hydroxylation sites is 1. The lowest BCUT2D eigenvalue weighted by Gasteiger charge is -2.09. The quantitative estimate of drug-likeness (QED) is 0.778. The SMILES string of the molecule is CCc1cccc2c1NC(C)C2C(=O)O. The second-order valence-corrected chi connectivity index (χ2v) is 3.98. The van der Waals surface area contributed by atoms with Gasteiger partial charge in [-0.3, -0.25) is 4.79 Å². The van der Waals surface area contributed by atoms with E-state index in [1.54, 1.807) is 0 Å². The second-order valence-electron chi connectivity index (χ2n) is 3.98. The van der Waals surface area contributed by atoms with Crippen molar-refractivity contribution in [3.63, 3.8) is 0 Å². The number of hydrogen-bond donors (Lipinski definition) is 2. The molecule has 3 nitrogen and oxygen atoms in total. The van der Waals surface area contributed by atoms with Gasteiger partial charge in [0.05, 0.1) is 0 Å². The summed E-state index contributed by atoms with van der Waals surface area (Å²) < 4.78 is 0. The van der Waals surface area contributed by atoms with E-state index in [0.29, 0.717) is 0 Å². The van der Waals surface area contributed by atoms with Crippen LogP contribution in [0, 0.1) is 0 Å². The minimum Gasteiger partial charge on any atom is -0.481 e. The first-order valence-corrected chi connectivity index (χ1v) is 5.26. The highest BCUT2D eigenvalue weighted by Crippen LogP contribution is 2.38. The smallest absolute Gasteiger partial charge is 0.313 e. The zero-order valence-corrected chi connectivity index (χ0v) is 8.95. The molecule has 1 heterocycles. The minimum atomic E-state index is -0.748. The number of anilines is 1. The minimum absolute atomic E-state index is 0.0230. The molecule has 15 heavy (non-hydrogen) atoms. The first kappa shape index (κ1) is 10.0. The molecule has 80 valence electrons. The van der Waals surface area contributed by atoms with Crippen LogP contribution in [0.25, 0.3) is 0 Å². The van der Waals surface area contributed by atoms with Crippen LogP contribution in [-0.2, 0) is 11.2 Å². The Morgan fingerprint density at radius 1 is 1.53 bits per heavy atom. The van der Waals surface area contributed by atoms with Crippen molar-refractivity contribution in [2.75, 3.05) is 5.32 Å². The number of nitrogens with one attached hydrogen (secondary N) is 1. The average molecular weight is 205 g/mol. The number of carboxylic acids is 1. The molecule has 2 N–H and O–H groups in total. The van der Waals surface area contributed by atoms with E-state index in [2.05, 4.69) is 12.2 Å². The fourth-order valence-electron chi connectivity index (χ4n) is 2.28.